The van der Waals surface area contributed by atoms with Crippen LogP contribution in [-0.2, 0) is 5.41 Å². The molecule has 6 heteroatoms. The molecule has 3 rings (SSSR count). The van der Waals surface area contributed by atoms with E-state index in [0.717, 1.165) is 55.5 Å². The Morgan fingerprint density at radius 3 is 2.40 bits per heavy atom. The summed E-state index contributed by atoms with van der Waals surface area (Å²) >= 11 is 5.27. The van der Waals surface area contributed by atoms with E-state index < -0.39 is 0 Å². The van der Waals surface area contributed by atoms with Crippen LogP contribution in [-0.4, -0.2) is 17.6 Å². The lowest BCUT2D eigenvalue weighted by Gasteiger charge is -2.21. The Balaban J connectivity index is 1.54. The third-order valence-corrected chi connectivity index (χ3v) is 5.68. The summed E-state index contributed by atoms with van der Waals surface area (Å²) in [5.41, 5.74) is 1.97. The van der Waals surface area contributed by atoms with Crippen molar-refractivity contribution in [2.24, 2.45) is 0 Å². The minimum absolute atomic E-state index is 0.229. The fraction of sp³-hybridized carbons (Fsp3) is 0.375. The van der Waals surface area contributed by atoms with E-state index in [4.69, 9.17) is 17.0 Å². The number of unbranched alkanes of at least 4 members (excludes halogenated alkanes) is 1. The summed E-state index contributed by atoms with van der Waals surface area (Å²) in [6.45, 7) is 2.78. The summed E-state index contributed by atoms with van der Waals surface area (Å²) in [7, 11) is 0. The van der Waals surface area contributed by atoms with Crippen LogP contribution in [0.25, 0.3) is 0 Å². The number of thiocarbonyl (C=S) groups is 1. The highest BCUT2D eigenvalue weighted by atomic mass is 32.1. The highest BCUT2D eigenvalue weighted by Crippen LogP contribution is 2.40. The van der Waals surface area contributed by atoms with Crippen molar-refractivity contribution in [3.63, 3.8) is 0 Å². The number of amides is 1. The molecule has 0 aliphatic heterocycles. The molecule has 0 unspecified atom stereocenters. The van der Waals surface area contributed by atoms with Crippen LogP contribution in [0.2, 0.25) is 0 Å². The van der Waals surface area contributed by atoms with Gasteiger partial charge in [-0.25, -0.2) is 0 Å². The van der Waals surface area contributed by atoms with Gasteiger partial charge in [-0.15, -0.1) is 0 Å². The summed E-state index contributed by atoms with van der Waals surface area (Å²) < 4.78 is 5.61. The van der Waals surface area contributed by atoms with E-state index in [0.29, 0.717) is 12.2 Å². The molecule has 0 spiro atoms. The number of carbonyl (C=O) groups is 1. The van der Waals surface area contributed by atoms with Gasteiger partial charge >= 0.3 is 0 Å². The SMILES string of the molecule is CCCCOc1ccc(C(=O)NC(=S)Nc2ccc(C3(C#N)CCCC3)cc2)cc1. The normalized spacial score (nSPS) is 14.5. The van der Waals surface area contributed by atoms with E-state index in [-0.39, 0.29) is 16.4 Å². The number of nitrogens with zero attached hydrogens (tertiary/aromatic N) is 1. The molecule has 2 aromatic carbocycles. The molecule has 0 bridgehead atoms. The minimum Gasteiger partial charge on any atom is -0.494 e. The number of hydrogen-bond acceptors (Lipinski definition) is 4. The van der Waals surface area contributed by atoms with Gasteiger partial charge in [0.25, 0.3) is 5.91 Å². The fourth-order valence-electron chi connectivity index (χ4n) is 3.69. The monoisotopic (exact) mass is 421 g/mol. The second kappa shape index (κ2) is 10.2. The molecule has 0 saturated heterocycles. The predicted molar refractivity (Wildman–Crippen MR) is 123 cm³/mol. The van der Waals surface area contributed by atoms with E-state index in [1.54, 1.807) is 24.3 Å². The van der Waals surface area contributed by atoms with Crippen molar-refractivity contribution in [2.75, 3.05) is 11.9 Å². The zero-order valence-electron chi connectivity index (χ0n) is 17.2. The zero-order valence-corrected chi connectivity index (χ0v) is 18.1. The van der Waals surface area contributed by atoms with Gasteiger partial charge in [0.2, 0.25) is 0 Å². The molecule has 0 radical (unpaired) electrons. The Labute approximate surface area is 183 Å². The molecule has 1 saturated carbocycles. The van der Waals surface area contributed by atoms with E-state index in [9.17, 15) is 10.1 Å². The molecule has 0 atom stereocenters. The van der Waals surface area contributed by atoms with E-state index in [2.05, 4.69) is 23.6 Å². The number of ether oxygens (including phenoxy) is 1. The van der Waals surface area contributed by atoms with Crippen molar-refractivity contribution >= 4 is 28.9 Å². The Morgan fingerprint density at radius 2 is 1.80 bits per heavy atom. The average molecular weight is 422 g/mol. The first-order valence-corrected chi connectivity index (χ1v) is 10.8. The van der Waals surface area contributed by atoms with Crippen molar-refractivity contribution < 1.29 is 9.53 Å². The van der Waals surface area contributed by atoms with Crippen molar-refractivity contribution in [1.29, 1.82) is 5.26 Å². The number of anilines is 1. The summed E-state index contributed by atoms with van der Waals surface area (Å²) in [6.07, 6.45) is 6.08. The molecular weight excluding hydrogens is 394 g/mol. The molecule has 0 aromatic heterocycles. The first-order valence-electron chi connectivity index (χ1n) is 10.4. The standard InChI is InChI=1S/C24H27N3O2S/c1-2-3-16-29-21-12-6-18(7-13-21)22(28)27-23(30)26-20-10-8-19(9-11-20)24(17-25)14-4-5-15-24/h6-13H,2-5,14-16H2,1H3,(H2,26,27,28,30). The number of nitriles is 1. The molecule has 1 aliphatic rings. The highest BCUT2D eigenvalue weighted by molar-refractivity contribution is 7.80. The first-order chi connectivity index (χ1) is 14.6. The lowest BCUT2D eigenvalue weighted by molar-refractivity contribution is 0.0977. The maximum absolute atomic E-state index is 12.4. The molecular formula is C24H27N3O2S. The van der Waals surface area contributed by atoms with Crippen molar-refractivity contribution in [1.82, 2.24) is 5.32 Å². The maximum Gasteiger partial charge on any atom is 0.257 e. The van der Waals surface area contributed by atoms with Crippen molar-refractivity contribution in [3.8, 4) is 11.8 Å². The molecule has 0 heterocycles. The predicted octanol–water partition coefficient (Wildman–Crippen LogP) is 5.33. The van der Waals surface area contributed by atoms with Crippen molar-refractivity contribution in [3.05, 3.63) is 59.7 Å². The van der Waals surface area contributed by atoms with Crippen LogP contribution in [0, 0.1) is 11.3 Å². The Kier molecular flexibility index (Phi) is 7.42. The van der Waals surface area contributed by atoms with Crippen LogP contribution in [0.15, 0.2) is 48.5 Å². The number of carbonyl (C=O) groups excluding carboxylic acids is 1. The smallest absolute Gasteiger partial charge is 0.257 e. The molecule has 156 valence electrons. The average Bonchev–Trinajstić information content (AvgIpc) is 3.25. The number of nitrogens with one attached hydrogen (secondary N) is 2. The number of benzene rings is 2. The molecule has 5 nitrogen and oxygen atoms in total. The van der Waals surface area contributed by atoms with Gasteiger partial charge in [0.15, 0.2) is 5.11 Å². The largest absolute Gasteiger partial charge is 0.494 e. The summed E-state index contributed by atoms with van der Waals surface area (Å²) in [5, 5.41) is 15.6. The quantitative estimate of drug-likeness (QED) is 0.467. The van der Waals surface area contributed by atoms with Gasteiger partial charge in [-0.05, 0) is 73.4 Å². The van der Waals surface area contributed by atoms with Crippen LogP contribution < -0.4 is 15.4 Å². The van der Waals surface area contributed by atoms with Crippen LogP contribution >= 0.6 is 12.2 Å². The van der Waals surface area contributed by atoms with Gasteiger partial charge in [-0.1, -0.05) is 38.3 Å². The molecule has 30 heavy (non-hydrogen) atoms. The third kappa shape index (κ3) is 5.37. The molecule has 1 aliphatic carbocycles. The minimum atomic E-state index is -0.361. The lowest BCUT2D eigenvalue weighted by Crippen LogP contribution is -2.34. The van der Waals surface area contributed by atoms with Gasteiger partial charge in [-0.2, -0.15) is 5.26 Å². The van der Waals surface area contributed by atoms with Crippen LogP contribution in [0.4, 0.5) is 5.69 Å². The first kappa shape index (κ1) is 21.8. The third-order valence-electron chi connectivity index (χ3n) is 5.48. The van der Waals surface area contributed by atoms with Gasteiger partial charge < -0.3 is 10.1 Å². The Bertz CT molecular complexity index is 911. The lowest BCUT2D eigenvalue weighted by atomic mass is 9.80. The van der Waals surface area contributed by atoms with Crippen LogP contribution in [0.1, 0.15) is 61.4 Å². The summed E-state index contributed by atoms with van der Waals surface area (Å²) in [5.74, 6) is 0.469. The van der Waals surface area contributed by atoms with Gasteiger partial charge in [0, 0.05) is 11.3 Å². The molecule has 2 N–H and O–H groups in total. The summed E-state index contributed by atoms with van der Waals surface area (Å²) in [6, 6.07) is 17.2. The van der Waals surface area contributed by atoms with Gasteiger partial charge in [0.1, 0.15) is 5.75 Å². The highest BCUT2D eigenvalue weighted by Gasteiger charge is 2.35. The Hall–Kier alpha value is -2.91. The van der Waals surface area contributed by atoms with Crippen LogP contribution in [0.3, 0.4) is 0 Å². The molecule has 2 aromatic rings. The number of hydrogen-bond donors (Lipinski definition) is 2. The number of rotatable bonds is 7. The Morgan fingerprint density at radius 1 is 1.13 bits per heavy atom. The second-order valence-corrected chi connectivity index (χ2v) is 8.02. The van der Waals surface area contributed by atoms with Crippen LogP contribution in [0.5, 0.6) is 5.75 Å². The molecule has 1 amide bonds. The zero-order chi connectivity index (χ0) is 21.4. The van der Waals surface area contributed by atoms with E-state index in [1.807, 2.05) is 24.3 Å². The van der Waals surface area contributed by atoms with E-state index >= 15 is 0 Å². The summed E-state index contributed by atoms with van der Waals surface area (Å²) in [4.78, 5) is 12.4. The van der Waals surface area contributed by atoms with Gasteiger partial charge in [0.05, 0.1) is 18.1 Å². The van der Waals surface area contributed by atoms with Crippen molar-refractivity contribution in [2.45, 2.75) is 50.9 Å². The second-order valence-electron chi connectivity index (χ2n) is 7.61. The fourth-order valence-corrected chi connectivity index (χ4v) is 3.90. The topological polar surface area (TPSA) is 74.2 Å². The maximum atomic E-state index is 12.4. The molecule has 1 fully saturated rings. The van der Waals surface area contributed by atoms with Gasteiger partial charge in [-0.3, -0.25) is 10.1 Å². The van der Waals surface area contributed by atoms with E-state index in [1.165, 1.54) is 0 Å².